The van der Waals surface area contributed by atoms with E-state index in [-0.39, 0.29) is 6.04 Å². The van der Waals surface area contributed by atoms with E-state index in [9.17, 15) is 0 Å². The van der Waals surface area contributed by atoms with E-state index >= 15 is 0 Å². The van der Waals surface area contributed by atoms with Crippen LogP contribution in [0, 0.1) is 0 Å². The maximum atomic E-state index is 5.92. The van der Waals surface area contributed by atoms with Crippen molar-refractivity contribution in [3.05, 3.63) is 36.2 Å². The molecule has 0 bridgehead atoms. The van der Waals surface area contributed by atoms with Crippen LogP contribution in [0.2, 0.25) is 0 Å². The molecule has 0 aliphatic rings. The highest BCUT2D eigenvalue weighted by Crippen LogP contribution is 2.12. The maximum absolute atomic E-state index is 5.92. The molecule has 2 heterocycles. The van der Waals surface area contributed by atoms with Gasteiger partial charge in [-0.3, -0.25) is 0 Å². The van der Waals surface area contributed by atoms with Gasteiger partial charge in [-0.25, -0.2) is 9.97 Å². The van der Waals surface area contributed by atoms with Crippen molar-refractivity contribution >= 4 is 0 Å². The van der Waals surface area contributed by atoms with Crippen LogP contribution in [0.3, 0.4) is 0 Å². The van der Waals surface area contributed by atoms with Gasteiger partial charge in [0.05, 0.1) is 17.9 Å². The van der Waals surface area contributed by atoms with Gasteiger partial charge in [0, 0.05) is 13.2 Å². The summed E-state index contributed by atoms with van der Waals surface area (Å²) in [6.07, 6.45) is 4.75. The minimum atomic E-state index is -0.341. The third-order valence-electron chi connectivity index (χ3n) is 1.86. The third-order valence-corrected chi connectivity index (χ3v) is 1.86. The van der Waals surface area contributed by atoms with Gasteiger partial charge in [-0.05, 0) is 6.07 Å². The van der Waals surface area contributed by atoms with E-state index in [2.05, 4.69) is 20.2 Å². The van der Waals surface area contributed by atoms with Crippen molar-refractivity contribution in [1.82, 2.24) is 25.0 Å². The van der Waals surface area contributed by atoms with Crippen LogP contribution in [-0.2, 0) is 7.05 Å². The highest BCUT2D eigenvalue weighted by atomic mass is 15.4. The van der Waals surface area contributed by atoms with Crippen molar-refractivity contribution in [2.24, 2.45) is 12.8 Å². The summed E-state index contributed by atoms with van der Waals surface area (Å²) < 4.78 is 0. The molecule has 72 valence electrons. The molecule has 2 N–H and O–H groups in total. The summed E-state index contributed by atoms with van der Waals surface area (Å²) in [5, 5.41) is 8.05. The van der Waals surface area contributed by atoms with Gasteiger partial charge in [-0.2, -0.15) is 15.0 Å². The molecule has 0 amide bonds. The molecule has 2 rings (SSSR count). The molecule has 6 heteroatoms. The van der Waals surface area contributed by atoms with Gasteiger partial charge in [0.25, 0.3) is 0 Å². The molecule has 14 heavy (non-hydrogen) atoms. The monoisotopic (exact) mass is 190 g/mol. The van der Waals surface area contributed by atoms with Crippen molar-refractivity contribution in [2.45, 2.75) is 6.04 Å². The van der Waals surface area contributed by atoms with Crippen LogP contribution in [0.4, 0.5) is 0 Å². The van der Waals surface area contributed by atoms with Gasteiger partial charge >= 0.3 is 0 Å². The zero-order valence-corrected chi connectivity index (χ0v) is 7.70. The van der Waals surface area contributed by atoms with Crippen molar-refractivity contribution in [1.29, 1.82) is 0 Å². The molecule has 0 spiro atoms. The molecule has 0 saturated heterocycles. The Kier molecular flexibility index (Phi) is 2.19. The summed E-state index contributed by atoms with van der Waals surface area (Å²) in [5.74, 6) is 0. The number of aryl methyl sites for hydroxylation is 1. The zero-order valence-electron chi connectivity index (χ0n) is 7.70. The highest BCUT2D eigenvalue weighted by molar-refractivity contribution is 5.16. The van der Waals surface area contributed by atoms with E-state index in [0.717, 1.165) is 5.69 Å². The molecule has 0 radical (unpaired) electrons. The number of nitrogens with two attached hydrogens (primary N) is 1. The van der Waals surface area contributed by atoms with E-state index in [1.165, 1.54) is 11.1 Å². The van der Waals surface area contributed by atoms with Gasteiger partial charge in [0.15, 0.2) is 0 Å². The van der Waals surface area contributed by atoms with E-state index in [0.29, 0.717) is 5.69 Å². The van der Waals surface area contributed by atoms with Crippen LogP contribution in [0.25, 0.3) is 0 Å². The standard InChI is InChI=1S/C8H10N6/c1-14-12-4-7(13-14)8(9)6-2-3-10-5-11-6/h2-5,8H,9H2,1H3. The molecule has 1 atom stereocenters. The second-order valence-electron chi connectivity index (χ2n) is 2.87. The average Bonchev–Trinajstić information content (AvgIpc) is 2.65. The molecule has 1 unspecified atom stereocenters. The third kappa shape index (κ3) is 1.60. The number of rotatable bonds is 2. The van der Waals surface area contributed by atoms with Gasteiger partial charge in [0.1, 0.15) is 12.0 Å². The minimum Gasteiger partial charge on any atom is -0.318 e. The molecule has 0 aromatic carbocycles. The Balaban J connectivity index is 2.29. The Labute approximate surface area is 80.8 Å². The molecule has 0 aliphatic carbocycles. The lowest BCUT2D eigenvalue weighted by molar-refractivity contribution is 0.635. The largest absolute Gasteiger partial charge is 0.318 e. The fraction of sp³-hybridized carbons (Fsp3) is 0.250. The summed E-state index contributed by atoms with van der Waals surface area (Å²) in [5.41, 5.74) is 7.36. The highest BCUT2D eigenvalue weighted by Gasteiger charge is 2.12. The first-order chi connectivity index (χ1) is 6.77. The van der Waals surface area contributed by atoms with Gasteiger partial charge in [-0.15, -0.1) is 0 Å². The van der Waals surface area contributed by atoms with Crippen molar-refractivity contribution in [3.63, 3.8) is 0 Å². The maximum Gasteiger partial charge on any atom is 0.115 e. The molecule has 6 nitrogen and oxygen atoms in total. The first-order valence-corrected chi connectivity index (χ1v) is 4.15. The van der Waals surface area contributed by atoms with Crippen LogP contribution in [0.1, 0.15) is 17.4 Å². The Bertz CT molecular complexity index is 409. The lowest BCUT2D eigenvalue weighted by Crippen LogP contribution is -2.14. The number of hydrogen-bond donors (Lipinski definition) is 1. The van der Waals surface area contributed by atoms with Crippen molar-refractivity contribution in [2.75, 3.05) is 0 Å². The molecule has 0 fully saturated rings. The van der Waals surface area contributed by atoms with Gasteiger partial charge < -0.3 is 5.73 Å². The smallest absolute Gasteiger partial charge is 0.115 e. The number of nitrogens with zero attached hydrogens (tertiary/aromatic N) is 5. The predicted octanol–water partition coefficient (Wildman–Crippen LogP) is -0.347. The summed E-state index contributed by atoms with van der Waals surface area (Å²) in [6, 6.07) is 1.42. The Morgan fingerprint density at radius 1 is 1.43 bits per heavy atom. The topological polar surface area (TPSA) is 82.5 Å². The fourth-order valence-electron chi connectivity index (χ4n) is 1.14. The SMILES string of the molecule is Cn1ncc(C(N)c2ccncn2)n1. The van der Waals surface area contributed by atoms with Gasteiger partial charge in [0.2, 0.25) is 0 Å². The molecular weight excluding hydrogens is 180 g/mol. The van der Waals surface area contributed by atoms with Crippen molar-refractivity contribution < 1.29 is 0 Å². The lowest BCUT2D eigenvalue weighted by Gasteiger charge is -2.05. The normalized spacial score (nSPS) is 12.7. The van der Waals surface area contributed by atoms with Crippen LogP contribution in [-0.4, -0.2) is 25.0 Å². The molecule has 2 aromatic heterocycles. The first-order valence-electron chi connectivity index (χ1n) is 4.15. The van der Waals surface area contributed by atoms with E-state index < -0.39 is 0 Å². The van der Waals surface area contributed by atoms with Crippen molar-refractivity contribution in [3.8, 4) is 0 Å². The van der Waals surface area contributed by atoms with E-state index in [4.69, 9.17) is 5.73 Å². The van der Waals surface area contributed by atoms with Crippen LogP contribution in [0.5, 0.6) is 0 Å². The number of aromatic nitrogens is 5. The van der Waals surface area contributed by atoms with Gasteiger partial charge in [-0.1, -0.05) is 0 Å². The van der Waals surface area contributed by atoms with E-state index in [1.54, 1.807) is 25.5 Å². The zero-order chi connectivity index (χ0) is 9.97. The summed E-state index contributed by atoms with van der Waals surface area (Å²) in [6.45, 7) is 0. The summed E-state index contributed by atoms with van der Waals surface area (Å²) in [7, 11) is 1.75. The fourth-order valence-corrected chi connectivity index (χ4v) is 1.14. The second-order valence-corrected chi connectivity index (χ2v) is 2.87. The van der Waals surface area contributed by atoms with Crippen LogP contribution in [0.15, 0.2) is 24.8 Å². The Morgan fingerprint density at radius 3 is 2.86 bits per heavy atom. The number of hydrogen-bond acceptors (Lipinski definition) is 5. The second kappa shape index (κ2) is 3.51. The average molecular weight is 190 g/mol. The summed E-state index contributed by atoms with van der Waals surface area (Å²) >= 11 is 0. The quantitative estimate of drug-likeness (QED) is 0.700. The molecule has 0 aliphatic heterocycles. The summed E-state index contributed by atoms with van der Waals surface area (Å²) in [4.78, 5) is 9.34. The van der Waals surface area contributed by atoms with E-state index in [1.807, 2.05) is 0 Å². The van der Waals surface area contributed by atoms with Crippen LogP contribution >= 0.6 is 0 Å². The Hall–Kier alpha value is -1.82. The molecule has 2 aromatic rings. The predicted molar refractivity (Wildman–Crippen MR) is 49.1 cm³/mol. The Morgan fingerprint density at radius 2 is 2.29 bits per heavy atom. The molecular formula is C8H10N6. The first kappa shape index (κ1) is 8.76. The lowest BCUT2D eigenvalue weighted by atomic mass is 10.1. The van der Waals surface area contributed by atoms with Crippen LogP contribution < -0.4 is 5.73 Å². The molecule has 0 saturated carbocycles. The minimum absolute atomic E-state index is 0.341.